The lowest BCUT2D eigenvalue weighted by Crippen LogP contribution is -2.31. The molecule has 0 amide bonds. The van der Waals surface area contributed by atoms with Crippen molar-refractivity contribution in [3.05, 3.63) is 23.8 Å². The predicted octanol–water partition coefficient (Wildman–Crippen LogP) is 3.20. The van der Waals surface area contributed by atoms with Crippen LogP contribution < -0.4 is 9.47 Å². The summed E-state index contributed by atoms with van der Waals surface area (Å²) in [5, 5.41) is 11.0. The third kappa shape index (κ3) is 2.84. The first-order valence-electron chi connectivity index (χ1n) is 6.86. The van der Waals surface area contributed by atoms with Crippen LogP contribution in [-0.4, -0.2) is 29.3 Å². The quantitative estimate of drug-likeness (QED) is 0.900. The second kappa shape index (κ2) is 6.06. The Kier molecular flexibility index (Phi) is 4.63. The Bertz CT molecular complexity index is 435. The summed E-state index contributed by atoms with van der Waals surface area (Å²) in [7, 11) is 0. The summed E-state index contributed by atoms with van der Waals surface area (Å²) in [4.78, 5) is 0. The van der Waals surface area contributed by atoms with Crippen LogP contribution >= 0.6 is 11.8 Å². The van der Waals surface area contributed by atoms with Gasteiger partial charge in [-0.15, -0.1) is 0 Å². The maximum Gasteiger partial charge on any atom is 0.161 e. The largest absolute Gasteiger partial charge is 0.490 e. The molecule has 2 atom stereocenters. The van der Waals surface area contributed by atoms with E-state index in [1.807, 2.05) is 43.8 Å². The van der Waals surface area contributed by atoms with Crippen LogP contribution in [0.1, 0.15) is 32.8 Å². The average Bonchev–Trinajstić information content (AvgIpc) is 2.73. The molecule has 1 saturated heterocycles. The fourth-order valence-electron chi connectivity index (χ4n) is 2.43. The van der Waals surface area contributed by atoms with Crippen LogP contribution in [0.5, 0.6) is 11.5 Å². The Morgan fingerprint density at radius 2 is 1.95 bits per heavy atom. The lowest BCUT2D eigenvalue weighted by molar-refractivity contribution is 0.0423. The molecule has 1 N–H and O–H groups in total. The van der Waals surface area contributed by atoms with Gasteiger partial charge < -0.3 is 14.6 Å². The lowest BCUT2D eigenvalue weighted by Gasteiger charge is -2.28. The highest BCUT2D eigenvalue weighted by Gasteiger charge is 2.40. The van der Waals surface area contributed by atoms with Crippen LogP contribution in [0.25, 0.3) is 0 Å². The second-order valence-electron chi connectivity index (χ2n) is 4.71. The topological polar surface area (TPSA) is 38.7 Å². The molecule has 0 aromatic heterocycles. The molecule has 0 bridgehead atoms. The molecule has 1 aromatic carbocycles. The maximum atomic E-state index is 10.8. The number of thioether (sulfide) groups is 1. The Balaban J connectivity index is 2.34. The van der Waals surface area contributed by atoms with Gasteiger partial charge in [0.1, 0.15) is 5.60 Å². The number of rotatable bonds is 5. The Morgan fingerprint density at radius 1 is 1.26 bits per heavy atom. The van der Waals surface area contributed by atoms with Crippen molar-refractivity contribution in [3.63, 3.8) is 0 Å². The number of hydrogen-bond acceptors (Lipinski definition) is 4. The zero-order chi connectivity index (χ0) is 13.9. The molecule has 0 aliphatic carbocycles. The highest BCUT2D eigenvalue weighted by molar-refractivity contribution is 8.00. The third-order valence-corrected chi connectivity index (χ3v) is 4.90. The smallest absolute Gasteiger partial charge is 0.161 e. The number of ether oxygens (including phenoxy) is 2. The van der Waals surface area contributed by atoms with Gasteiger partial charge in [0, 0.05) is 5.25 Å². The van der Waals surface area contributed by atoms with Crippen molar-refractivity contribution in [1.82, 2.24) is 0 Å². The molecule has 3 nitrogen and oxygen atoms in total. The Hall–Kier alpha value is -0.870. The van der Waals surface area contributed by atoms with E-state index >= 15 is 0 Å². The highest BCUT2D eigenvalue weighted by atomic mass is 32.2. The normalized spacial score (nSPS) is 26.4. The molecule has 0 saturated carbocycles. The van der Waals surface area contributed by atoms with E-state index in [4.69, 9.17) is 9.47 Å². The molecule has 4 heteroatoms. The van der Waals surface area contributed by atoms with E-state index in [1.54, 1.807) is 0 Å². The van der Waals surface area contributed by atoms with Crippen LogP contribution in [-0.2, 0) is 5.60 Å². The van der Waals surface area contributed by atoms with E-state index in [-0.39, 0.29) is 5.25 Å². The molecule has 106 valence electrons. The molecule has 1 aromatic rings. The zero-order valence-electron chi connectivity index (χ0n) is 11.8. The van der Waals surface area contributed by atoms with Crippen molar-refractivity contribution in [2.75, 3.05) is 19.0 Å². The third-order valence-electron chi connectivity index (χ3n) is 3.57. The first-order valence-corrected chi connectivity index (χ1v) is 7.90. The van der Waals surface area contributed by atoms with Crippen molar-refractivity contribution < 1.29 is 14.6 Å². The Labute approximate surface area is 119 Å². The van der Waals surface area contributed by atoms with Crippen LogP contribution in [0.15, 0.2) is 18.2 Å². The van der Waals surface area contributed by atoms with Crippen LogP contribution in [0, 0.1) is 0 Å². The molecule has 0 spiro atoms. The van der Waals surface area contributed by atoms with Gasteiger partial charge in [-0.1, -0.05) is 13.0 Å². The molecule has 19 heavy (non-hydrogen) atoms. The summed E-state index contributed by atoms with van der Waals surface area (Å²) in [6.45, 7) is 7.18. The molecule has 1 aliphatic rings. The fraction of sp³-hybridized carbons (Fsp3) is 0.600. The lowest BCUT2D eigenvalue weighted by atomic mass is 9.88. The summed E-state index contributed by atoms with van der Waals surface area (Å²) in [6.07, 6.45) is 0.790. The van der Waals surface area contributed by atoms with Gasteiger partial charge in [0.25, 0.3) is 0 Å². The fourth-order valence-corrected chi connectivity index (χ4v) is 3.74. The number of benzene rings is 1. The minimum Gasteiger partial charge on any atom is -0.490 e. The molecule has 1 fully saturated rings. The van der Waals surface area contributed by atoms with Gasteiger partial charge in [0.2, 0.25) is 0 Å². The molecule has 1 heterocycles. The van der Waals surface area contributed by atoms with Gasteiger partial charge >= 0.3 is 0 Å². The maximum absolute atomic E-state index is 10.8. The molecular formula is C15H22O3S. The SMILES string of the molecule is CCOc1ccc(C2(O)CCSC2C)cc1OCC. The monoisotopic (exact) mass is 282 g/mol. The van der Waals surface area contributed by atoms with Crippen LogP contribution in [0.3, 0.4) is 0 Å². The summed E-state index contributed by atoms with van der Waals surface area (Å²) in [5.74, 6) is 2.46. The van der Waals surface area contributed by atoms with Crippen LogP contribution in [0.4, 0.5) is 0 Å². The number of hydrogen-bond donors (Lipinski definition) is 1. The van der Waals surface area contributed by atoms with E-state index in [1.165, 1.54) is 0 Å². The van der Waals surface area contributed by atoms with Crippen molar-refractivity contribution in [2.45, 2.75) is 38.0 Å². The molecule has 0 radical (unpaired) electrons. The minimum atomic E-state index is -0.749. The summed E-state index contributed by atoms with van der Waals surface area (Å²) in [6, 6.07) is 5.78. The van der Waals surface area contributed by atoms with Gasteiger partial charge in [-0.25, -0.2) is 0 Å². The van der Waals surface area contributed by atoms with Gasteiger partial charge in [-0.3, -0.25) is 0 Å². The summed E-state index contributed by atoms with van der Waals surface area (Å²) < 4.78 is 11.2. The summed E-state index contributed by atoms with van der Waals surface area (Å²) >= 11 is 1.81. The van der Waals surface area contributed by atoms with E-state index in [0.29, 0.717) is 13.2 Å². The molecular weight excluding hydrogens is 260 g/mol. The van der Waals surface area contributed by atoms with Gasteiger partial charge in [0.05, 0.1) is 13.2 Å². The van der Waals surface area contributed by atoms with Crippen molar-refractivity contribution >= 4 is 11.8 Å². The van der Waals surface area contributed by atoms with E-state index in [2.05, 4.69) is 6.92 Å². The van der Waals surface area contributed by atoms with E-state index in [0.717, 1.165) is 29.2 Å². The standard InChI is InChI=1S/C15H22O3S/c1-4-17-13-7-6-12(10-14(13)18-5-2)15(16)8-9-19-11(15)3/h6-7,10-11,16H,4-5,8-9H2,1-3H3. The minimum absolute atomic E-state index is 0.208. The van der Waals surface area contributed by atoms with Crippen LogP contribution in [0.2, 0.25) is 0 Å². The zero-order valence-corrected chi connectivity index (χ0v) is 12.6. The predicted molar refractivity (Wildman–Crippen MR) is 79.2 cm³/mol. The van der Waals surface area contributed by atoms with E-state index in [9.17, 15) is 5.11 Å². The first-order chi connectivity index (χ1) is 9.11. The van der Waals surface area contributed by atoms with Gasteiger partial charge in [-0.05, 0) is 43.7 Å². The highest BCUT2D eigenvalue weighted by Crippen LogP contribution is 2.45. The number of aliphatic hydroxyl groups is 1. The van der Waals surface area contributed by atoms with E-state index < -0.39 is 5.60 Å². The second-order valence-corrected chi connectivity index (χ2v) is 6.16. The van der Waals surface area contributed by atoms with Crippen molar-refractivity contribution in [3.8, 4) is 11.5 Å². The summed E-state index contributed by atoms with van der Waals surface area (Å²) in [5.41, 5.74) is 0.179. The molecule has 1 aliphatic heterocycles. The molecule has 2 rings (SSSR count). The van der Waals surface area contributed by atoms with Gasteiger partial charge in [-0.2, -0.15) is 11.8 Å². The molecule has 2 unspecified atom stereocenters. The van der Waals surface area contributed by atoms with Gasteiger partial charge in [0.15, 0.2) is 11.5 Å². The van der Waals surface area contributed by atoms with Crippen molar-refractivity contribution in [2.24, 2.45) is 0 Å². The van der Waals surface area contributed by atoms with Crippen molar-refractivity contribution in [1.29, 1.82) is 0 Å². The first kappa shape index (κ1) is 14.5. The average molecular weight is 282 g/mol. The Morgan fingerprint density at radius 3 is 2.53 bits per heavy atom.